The monoisotopic (exact) mass is 542 g/mol. The first-order chi connectivity index (χ1) is 18.5. The number of rotatable bonds is 5. The largest absolute Gasteiger partial charge is 0.504 e. The third-order valence-corrected chi connectivity index (χ3v) is 10.3. The van der Waals surface area contributed by atoms with Crippen molar-refractivity contribution in [1.29, 1.82) is 0 Å². The second-order valence-corrected chi connectivity index (χ2v) is 12.3. The molecule has 2 bridgehead atoms. The van der Waals surface area contributed by atoms with Crippen LogP contribution in [-0.2, 0) is 29.2 Å². The smallest absolute Gasteiger partial charge is 0.416 e. The summed E-state index contributed by atoms with van der Waals surface area (Å²) in [6.45, 7) is 1.82. The number of piperidine rings is 1. The number of halogens is 3. The molecule has 1 saturated heterocycles. The molecule has 1 amide bonds. The van der Waals surface area contributed by atoms with Crippen LogP contribution >= 0.6 is 0 Å². The summed E-state index contributed by atoms with van der Waals surface area (Å²) in [5.41, 5.74) is -0.00153. The summed E-state index contributed by atoms with van der Waals surface area (Å²) in [5, 5.41) is 23.4. The minimum absolute atomic E-state index is 0.0314. The van der Waals surface area contributed by atoms with Gasteiger partial charge in [0.2, 0.25) is 5.91 Å². The average Bonchev–Trinajstić information content (AvgIpc) is 3.63. The number of benzene rings is 2. The molecular formula is C30H33F3N2O4. The molecule has 7 rings (SSSR count). The van der Waals surface area contributed by atoms with Gasteiger partial charge < -0.3 is 19.8 Å². The number of hydrogen-bond donors (Lipinski definition) is 2. The SMILES string of the molecule is CN(C(=O)Cc1ccc(C(F)(F)F)cc1)[C@H]1CC[C@@]2(O)[C@H]3Cc4ccc(O)c5c4[C@@]2(CCN3CC2CC2)[C@H]1O5. The van der Waals surface area contributed by atoms with Gasteiger partial charge >= 0.3 is 6.18 Å². The normalized spacial score (nSPS) is 32.9. The van der Waals surface area contributed by atoms with Crippen molar-refractivity contribution in [3.63, 3.8) is 0 Å². The van der Waals surface area contributed by atoms with Gasteiger partial charge in [0.05, 0.1) is 29.0 Å². The number of likely N-dealkylation sites (N-methyl/N-ethyl adjacent to an activating group) is 1. The highest BCUT2D eigenvalue weighted by Crippen LogP contribution is 2.66. The number of phenols is 1. The fourth-order valence-electron chi connectivity index (χ4n) is 8.15. The summed E-state index contributed by atoms with van der Waals surface area (Å²) in [7, 11) is 1.72. The zero-order chi connectivity index (χ0) is 27.3. The number of hydrogen-bond acceptors (Lipinski definition) is 5. The van der Waals surface area contributed by atoms with E-state index < -0.39 is 28.9 Å². The summed E-state index contributed by atoms with van der Waals surface area (Å²) >= 11 is 0. The number of carbonyl (C=O) groups is 1. The number of phenolic OH excluding ortho intramolecular Hbond substituents is 1. The predicted octanol–water partition coefficient (Wildman–Crippen LogP) is 4.04. The lowest BCUT2D eigenvalue weighted by Gasteiger charge is -2.64. The molecule has 39 heavy (non-hydrogen) atoms. The van der Waals surface area contributed by atoms with Crippen molar-refractivity contribution in [3.05, 3.63) is 58.7 Å². The maximum Gasteiger partial charge on any atom is 0.416 e. The van der Waals surface area contributed by atoms with E-state index in [1.807, 2.05) is 6.07 Å². The van der Waals surface area contributed by atoms with E-state index in [-0.39, 0.29) is 30.2 Å². The van der Waals surface area contributed by atoms with E-state index in [1.54, 1.807) is 18.0 Å². The quantitative estimate of drug-likeness (QED) is 0.597. The highest BCUT2D eigenvalue weighted by Gasteiger charge is 2.73. The van der Waals surface area contributed by atoms with Gasteiger partial charge in [-0.3, -0.25) is 9.69 Å². The number of aliphatic hydroxyl groups is 1. The molecule has 3 fully saturated rings. The molecular weight excluding hydrogens is 509 g/mol. The van der Waals surface area contributed by atoms with E-state index >= 15 is 0 Å². The zero-order valence-corrected chi connectivity index (χ0v) is 21.9. The van der Waals surface area contributed by atoms with Crippen molar-refractivity contribution in [2.45, 2.75) is 80.3 Å². The average molecular weight is 543 g/mol. The molecule has 0 unspecified atom stereocenters. The number of aromatic hydroxyl groups is 1. The lowest BCUT2D eigenvalue weighted by molar-refractivity contribution is -0.200. The Hall–Kier alpha value is -2.78. The summed E-state index contributed by atoms with van der Waals surface area (Å²) < 4.78 is 45.5. The fourth-order valence-corrected chi connectivity index (χ4v) is 8.15. The Kier molecular flexibility index (Phi) is 5.41. The van der Waals surface area contributed by atoms with Crippen LogP contribution in [0.1, 0.15) is 54.4 Å². The third-order valence-electron chi connectivity index (χ3n) is 10.3. The van der Waals surface area contributed by atoms with E-state index in [4.69, 9.17) is 4.74 Å². The van der Waals surface area contributed by atoms with Crippen LogP contribution < -0.4 is 4.74 Å². The Bertz CT molecular complexity index is 1330. The molecule has 5 atom stereocenters. The highest BCUT2D eigenvalue weighted by molar-refractivity contribution is 5.79. The standard InChI is InChI=1S/C30H33F3N2O4/c1-34(24(37)14-17-4-7-20(8-5-17)30(31,32)33)21-10-11-29(38)23-15-19-6-9-22(36)26-25(19)28(29,27(21)39-26)12-13-35(23)16-18-2-3-18/h4-9,18,21,23,27,36,38H,2-3,10-16H2,1H3/t21-,23+,27-,28-,29+/m0/s1. The molecule has 2 saturated carbocycles. The Morgan fingerprint density at radius 3 is 2.56 bits per heavy atom. The number of nitrogens with zero attached hydrogens (tertiary/aromatic N) is 2. The highest BCUT2D eigenvalue weighted by atomic mass is 19.4. The van der Waals surface area contributed by atoms with Crippen LogP contribution in [0.4, 0.5) is 13.2 Å². The second-order valence-electron chi connectivity index (χ2n) is 12.3. The van der Waals surface area contributed by atoms with Crippen molar-refractivity contribution in [2.24, 2.45) is 5.92 Å². The van der Waals surface area contributed by atoms with Crippen molar-refractivity contribution < 1.29 is 32.9 Å². The zero-order valence-electron chi connectivity index (χ0n) is 21.9. The van der Waals surface area contributed by atoms with Gasteiger partial charge in [0.1, 0.15) is 6.10 Å². The maximum absolute atomic E-state index is 13.4. The van der Waals surface area contributed by atoms with Crippen LogP contribution in [0.5, 0.6) is 11.5 Å². The van der Waals surface area contributed by atoms with Gasteiger partial charge in [-0.05, 0) is 80.3 Å². The van der Waals surface area contributed by atoms with E-state index in [1.165, 1.54) is 25.0 Å². The van der Waals surface area contributed by atoms with Crippen molar-refractivity contribution in [2.75, 3.05) is 20.1 Å². The molecule has 0 aromatic heterocycles. The summed E-state index contributed by atoms with van der Waals surface area (Å²) in [6, 6.07) is 7.93. The van der Waals surface area contributed by atoms with Crippen LogP contribution in [0.2, 0.25) is 0 Å². The fraction of sp³-hybridized carbons (Fsp3) is 0.567. The first-order valence-corrected chi connectivity index (χ1v) is 13.9. The maximum atomic E-state index is 13.4. The van der Waals surface area contributed by atoms with Gasteiger partial charge in [-0.2, -0.15) is 13.2 Å². The lowest BCUT2D eigenvalue weighted by Crippen LogP contribution is -2.78. The number of ether oxygens (including phenoxy) is 1. The summed E-state index contributed by atoms with van der Waals surface area (Å²) in [4.78, 5) is 17.6. The van der Waals surface area contributed by atoms with E-state index in [0.29, 0.717) is 42.9 Å². The lowest BCUT2D eigenvalue weighted by atomic mass is 9.48. The summed E-state index contributed by atoms with van der Waals surface area (Å²) in [5.74, 6) is 0.959. The number of amides is 1. The van der Waals surface area contributed by atoms with E-state index in [0.717, 1.165) is 36.3 Å². The first kappa shape index (κ1) is 25.2. The van der Waals surface area contributed by atoms with Crippen molar-refractivity contribution in [3.8, 4) is 11.5 Å². The molecule has 2 aromatic rings. The van der Waals surface area contributed by atoms with E-state index in [9.17, 15) is 28.2 Å². The first-order valence-electron chi connectivity index (χ1n) is 13.9. The molecule has 208 valence electrons. The molecule has 5 aliphatic rings. The van der Waals surface area contributed by atoms with Gasteiger partial charge in [-0.1, -0.05) is 18.2 Å². The molecule has 2 heterocycles. The van der Waals surface area contributed by atoms with Crippen LogP contribution in [0.25, 0.3) is 0 Å². The van der Waals surface area contributed by atoms with Gasteiger partial charge in [0.25, 0.3) is 0 Å². The summed E-state index contributed by atoms with van der Waals surface area (Å²) in [6.07, 6.45) is -0.0756. The second kappa shape index (κ2) is 8.36. The van der Waals surface area contributed by atoms with Crippen LogP contribution in [0.3, 0.4) is 0 Å². The minimum atomic E-state index is -4.43. The Morgan fingerprint density at radius 2 is 1.87 bits per heavy atom. The molecule has 2 aliphatic heterocycles. The van der Waals surface area contributed by atoms with E-state index in [2.05, 4.69) is 4.90 Å². The minimum Gasteiger partial charge on any atom is -0.504 e. The molecule has 6 nitrogen and oxygen atoms in total. The molecule has 3 aliphatic carbocycles. The Morgan fingerprint density at radius 1 is 1.13 bits per heavy atom. The molecule has 2 aromatic carbocycles. The van der Waals surface area contributed by atoms with Crippen molar-refractivity contribution >= 4 is 5.91 Å². The van der Waals surface area contributed by atoms with Gasteiger partial charge in [-0.15, -0.1) is 0 Å². The van der Waals surface area contributed by atoms with Crippen LogP contribution in [-0.4, -0.2) is 69.8 Å². The van der Waals surface area contributed by atoms with Gasteiger partial charge in [0.15, 0.2) is 11.5 Å². The molecule has 9 heteroatoms. The van der Waals surface area contributed by atoms with Crippen molar-refractivity contribution in [1.82, 2.24) is 9.80 Å². The number of carbonyl (C=O) groups excluding carboxylic acids is 1. The van der Waals surface area contributed by atoms with Gasteiger partial charge in [0, 0.05) is 25.2 Å². The Balaban J connectivity index is 1.21. The number of alkyl halides is 3. The molecule has 1 spiro atoms. The van der Waals surface area contributed by atoms with Gasteiger partial charge in [-0.25, -0.2) is 0 Å². The molecule has 0 radical (unpaired) electrons. The third kappa shape index (κ3) is 3.58. The Labute approximate surface area is 225 Å². The van der Waals surface area contributed by atoms with Crippen LogP contribution in [0.15, 0.2) is 36.4 Å². The molecule has 2 N–H and O–H groups in total. The topological polar surface area (TPSA) is 73.2 Å². The predicted molar refractivity (Wildman–Crippen MR) is 136 cm³/mol. The number of likely N-dealkylation sites (tertiary alicyclic amines) is 1. The van der Waals surface area contributed by atoms with Crippen LogP contribution in [0, 0.1) is 5.92 Å².